The van der Waals surface area contributed by atoms with Gasteiger partial charge in [-0.25, -0.2) is 8.42 Å². The van der Waals surface area contributed by atoms with Gasteiger partial charge in [0.1, 0.15) is 0 Å². The molecule has 0 aromatic rings. The minimum Gasteiger partial charge on any atom is -0.338 e. The summed E-state index contributed by atoms with van der Waals surface area (Å²) < 4.78 is 23.2. The van der Waals surface area contributed by atoms with E-state index in [1.54, 1.807) is 4.90 Å². The number of likely N-dealkylation sites (N-methyl/N-ethyl adjacent to an activating group) is 2. The number of carbonyl (C=O) groups is 1. The molecule has 8 heteroatoms. The Morgan fingerprint density at radius 1 is 1.36 bits per heavy atom. The van der Waals surface area contributed by atoms with Crippen LogP contribution in [0.25, 0.3) is 0 Å². The first-order chi connectivity index (χ1) is 9.95. The third-order valence-corrected chi connectivity index (χ3v) is 6.33. The summed E-state index contributed by atoms with van der Waals surface area (Å²) in [5, 5.41) is 3.27. The molecule has 0 saturated carbocycles. The van der Waals surface area contributed by atoms with E-state index in [9.17, 15) is 13.2 Å². The van der Waals surface area contributed by atoms with Crippen molar-refractivity contribution in [3.8, 4) is 0 Å². The van der Waals surface area contributed by atoms with Gasteiger partial charge in [-0.2, -0.15) is 0 Å². The summed E-state index contributed by atoms with van der Waals surface area (Å²) >= 11 is 0. The van der Waals surface area contributed by atoms with Gasteiger partial charge in [0.2, 0.25) is 5.91 Å². The lowest BCUT2D eigenvalue weighted by atomic mass is 10.1. The minimum atomic E-state index is -2.95. The minimum absolute atomic E-state index is 0. The van der Waals surface area contributed by atoms with Crippen LogP contribution in [0.2, 0.25) is 0 Å². The number of carbonyl (C=O) groups excluding carboxylic acids is 1. The van der Waals surface area contributed by atoms with Crippen LogP contribution >= 0.6 is 12.4 Å². The predicted octanol–water partition coefficient (Wildman–Crippen LogP) is 0.128. The maximum Gasteiger partial charge on any atom is 0.237 e. The van der Waals surface area contributed by atoms with E-state index in [2.05, 4.69) is 10.2 Å². The van der Waals surface area contributed by atoms with Crippen molar-refractivity contribution in [1.29, 1.82) is 0 Å². The molecule has 0 spiro atoms. The second kappa shape index (κ2) is 8.47. The van der Waals surface area contributed by atoms with Gasteiger partial charge in [0.15, 0.2) is 9.84 Å². The van der Waals surface area contributed by atoms with E-state index in [1.165, 1.54) is 0 Å². The normalized spacial score (nSPS) is 28.1. The van der Waals surface area contributed by atoms with Crippen molar-refractivity contribution in [2.45, 2.75) is 38.3 Å². The topological polar surface area (TPSA) is 69.7 Å². The SMILES string of the molecule is CCN(C(=O)CN1CCCC(NC)C1)C1CCS(=O)(=O)C1.Cl. The molecule has 2 aliphatic rings. The maximum absolute atomic E-state index is 12.5. The third-order valence-electron chi connectivity index (χ3n) is 4.58. The van der Waals surface area contributed by atoms with Crippen LogP contribution in [0.5, 0.6) is 0 Å². The van der Waals surface area contributed by atoms with Crippen molar-refractivity contribution < 1.29 is 13.2 Å². The summed E-state index contributed by atoms with van der Waals surface area (Å²) in [5.41, 5.74) is 0. The number of nitrogens with zero attached hydrogens (tertiary/aromatic N) is 2. The highest BCUT2D eigenvalue weighted by Crippen LogP contribution is 2.18. The molecular weight excluding hydrogens is 326 g/mol. The Bertz CT molecular complexity index is 472. The average molecular weight is 354 g/mol. The van der Waals surface area contributed by atoms with E-state index >= 15 is 0 Å². The molecule has 0 aromatic carbocycles. The first-order valence-electron chi connectivity index (χ1n) is 7.84. The van der Waals surface area contributed by atoms with Gasteiger partial charge >= 0.3 is 0 Å². The summed E-state index contributed by atoms with van der Waals surface area (Å²) in [6, 6.07) is 0.325. The zero-order valence-electron chi connectivity index (χ0n) is 13.5. The standard InChI is InChI=1S/C14H27N3O3S.ClH/c1-3-17(13-6-8-21(19,20)11-13)14(18)10-16-7-4-5-12(9-16)15-2;/h12-13,15H,3-11H2,1-2H3;1H. The molecule has 0 aliphatic carbocycles. The molecule has 22 heavy (non-hydrogen) atoms. The Kier molecular flexibility index (Phi) is 7.58. The fourth-order valence-corrected chi connectivity index (χ4v) is 5.11. The smallest absolute Gasteiger partial charge is 0.237 e. The fourth-order valence-electron chi connectivity index (χ4n) is 3.38. The van der Waals surface area contributed by atoms with E-state index in [0.717, 1.165) is 25.9 Å². The molecule has 2 saturated heterocycles. The number of nitrogens with one attached hydrogen (secondary N) is 1. The molecule has 6 nitrogen and oxygen atoms in total. The monoisotopic (exact) mass is 353 g/mol. The zero-order chi connectivity index (χ0) is 15.5. The van der Waals surface area contributed by atoms with Crippen LogP contribution in [0.1, 0.15) is 26.2 Å². The molecular formula is C14H28ClN3O3S. The average Bonchev–Trinajstić information content (AvgIpc) is 2.80. The lowest BCUT2D eigenvalue weighted by molar-refractivity contribution is -0.134. The van der Waals surface area contributed by atoms with Crippen LogP contribution in [0.15, 0.2) is 0 Å². The number of likely N-dealkylation sites (tertiary alicyclic amines) is 1. The van der Waals surface area contributed by atoms with E-state index in [0.29, 0.717) is 25.6 Å². The largest absolute Gasteiger partial charge is 0.338 e. The van der Waals surface area contributed by atoms with E-state index in [1.807, 2.05) is 14.0 Å². The highest BCUT2D eigenvalue weighted by molar-refractivity contribution is 7.91. The fraction of sp³-hybridized carbons (Fsp3) is 0.929. The quantitative estimate of drug-likeness (QED) is 0.760. The predicted molar refractivity (Wildman–Crippen MR) is 90.2 cm³/mol. The molecule has 2 unspecified atom stereocenters. The van der Waals surface area contributed by atoms with Crippen molar-refractivity contribution >= 4 is 28.2 Å². The van der Waals surface area contributed by atoms with Crippen LogP contribution in [-0.4, -0.2) is 80.9 Å². The van der Waals surface area contributed by atoms with Crippen LogP contribution in [0.4, 0.5) is 0 Å². The second-order valence-electron chi connectivity index (χ2n) is 6.10. The third kappa shape index (κ3) is 5.08. The zero-order valence-corrected chi connectivity index (χ0v) is 15.1. The van der Waals surface area contributed by atoms with Gasteiger partial charge in [-0.1, -0.05) is 0 Å². The number of piperidine rings is 1. The summed E-state index contributed by atoms with van der Waals surface area (Å²) in [5.74, 6) is 0.412. The second-order valence-corrected chi connectivity index (χ2v) is 8.33. The molecule has 0 aromatic heterocycles. The first kappa shape index (κ1) is 19.7. The van der Waals surface area contributed by atoms with Crippen molar-refractivity contribution in [2.75, 3.05) is 44.7 Å². The molecule has 1 amide bonds. The number of amides is 1. The van der Waals surface area contributed by atoms with Gasteiger partial charge in [-0.3, -0.25) is 9.69 Å². The number of sulfone groups is 1. The molecule has 1 N–H and O–H groups in total. The lowest BCUT2D eigenvalue weighted by Crippen LogP contribution is -2.50. The van der Waals surface area contributed by atoms with Gasteiger partial charge in [-0.05, 0) is 39.8 Å². The molecule has 2 atom stereocenters. The van der Waals surface area contributed by atoms with Crippen molar-refractivity contribution in [3.63, 3.8) is 0 Å². The maximum atomic E-state index is 12.5. The van der Waals surface area contributed by atoms with Crippen LogP contribution in [0, 0.1) is 0 Å². The molecule has 2 fully saturated rings. The van der Waals surface area contributed by atoms with Crippen LogP contribution in [-0.2, 0) is 14.6 Å². The van der Waals surface area contributed by atoms with Gasteiger partial charge in [0.25, 0.3) is 0 Å². The van der Waals surface area contributed by atoms with Crippen molar-refractivity contribution in [3.05, 3.63) is 0 Å². The lowest BCUT2D eigenvalue weighted by Gasteiger charge is -2.34. The summed E-state index contributed by atoms with van der Waals surface area (Å²) in [6.45, 7) is 4.76. The van der Waals surface area contributed by atoms with Crippen LogP contribution < -0.4 is 5.32 Å². The molecule has 2 aliphatic heterocycles. The Balaban J connectivity index is 0.00000242. The number of rotatable bonds is 5. The molecule has 0 radical (unpaired) electrons. The molecule has 2 heterocycles. The highest BCUT2D eigenvalue weighted by Gasteiger charge is 2.34. The van der Waals surface area contributed by atoms with Gasteiger partial charge in [0.05, 0.1) is 18.1 Å². The summed E-state index contributed by atoms with van der Waals surface area (Å²) in [6.07, 6.45) is 2.84. The Morgan fingerprint density at radius 3 is 2.64 bits per heavy atom. The summed E-state index contributed by atoms with van der Waals surface area (Å²) in [7, 11) is -0.991. The highest BCUT2D eigenvalue weighted by atomic mass is 35.5. The Labute approximate surface area is 139 Å². The number of hydrogen-bond acceptors (Lipinski definition) is 5. The summed E-state index contributed by atoms with van der Waals surface area (Å²) in [4.78, 5) is 16.4. The Hall–Kier alpha value is -0.370. The van der Waals surface area contributed by atoms with Crippen LogP contribution in [0.3, 0.4) is 0 Å². The van der Waals surface area contributed by atoms with Gasteiger partial charge < -0.3 is 10.2 Å². The Morgan fingerprint density at radius 2 is 2.09 bits per heavy atom. The van der Waals surface area contributed by atoms with E-state index < -0.39 is 9.84 Å². The van der Waals surface area contributed by atoms with Crippen molar-refractivity contribution in [1.82, 2.24) is 15.1 Å². The molecule has 0 bridgehead atoms. The molecule has 2 rings (SSSR count). The van der Waals surface area contributed by atoms with Gasteiger partial charge in [-0.15, -0.1) is 12.4 Å². The number of hydrogen-bond donors (Lipinski definition) is 1. The van der Waals surface area contributed by atoms with Gasteiger partial charge in [0, 0.05) is 25.2 Å². The molecule has 130 valence electrons. The van der Waals surface area contributed by atoms with Crippen molar-refractivity contribution in [2.24, 2.45) is 0 Å². The van der Waals surface area contributed by atoms with E-state index in [-0.39, 0.29) is 35.9 Å². The number of halogens is 1. The van der Waals surface area contributed by atoms with E-state index in [4.69, 9.17) is 0 Å². The first-order valence-corrected chi connectivity index (χ1v) is 9.67.